The summed E-state index contributed by atoms with van der Waals surface area (Å²) in [4.78, 5) is 14.6. The van der Waals surface area contributed by atoms with Crippen molar-refractivity contribution in [1.29, 1.82) is 0 Å². The molecule has 0 radical (unpaired) electrons. The summed E-state index contributed by atoms with van der Waals surface area (Å²) >= 11 is 0. The first-order valence-corrected chi connectivity index (χ1v) is 9.10. The summed E-state index contributed by atoms with van der Waals surface area (Å²) in [5.74, 6) is 0.796. The lowest BCUT2D eigenvalue weighted by Gasteiger charge is -2.11. The first kappa shape index (κ1) is 19.9. The van der Waals surface area contributed by atoms with Crippen LogP contribution in [0.3, 0.4) is 0 Å². The van der Waals surface area contributed by atoms with E-state index in [0.717, 1.165) is 16.5 Å². The van der Waals surface area contributed by atoms with E-state index in [1.807, 2.05) is 67.5 Å². The number of para-hydroxylation sites is 1. The normalized spacial score (nSPS) is 11.1. The lowest BCUT2D eigenvalue weighted by molar-refractivity contribution is 0.0919. The summed E-state index contributed by atoms with van der Waals surface area (Å²) in [5, 5.41) is 12.5. The van der Waals surface area contributed by atoms with E-state index < -0.39 is 0 Å². The third-order valence-electron chi connectivity index (χ3n) is 4.24. The van der Waals surface area contributed by atoms with Crippen molar-refractivity contribution in [1.82, 2.24) is 15.7 Å². The van der Waals surface area contributed by atoms with Crippen molar-refractivity contribution in [2.24, 2.45) is 0 Å². The van der Waals surface area contributed by atoms with E-state index in [2.05, 4.69) is 10.8 Å². The number of hydrogen-bond donors (Lipinski definition) is 3. The summed E-state index contributed by atoms with van der Waals surface area (Å²) in [6, 6.07) is 15.0. The minimum Gasteiger partial charge on any atom is -0.492 e. The topological polar surface area (TPSA) is 87.0 Å². The summed E-state index contributed by atoms with van der Waals surface area (Å²) in [6.07, 6.45) is 0. The van der Waals surface area contributed by atoms with E-state index in [4.69, 9.17) is 14.4 Å². The summed E-state index contributed by atoms with van der Waals surface area (Å²) < 4.78 is 11.5. The van der Waals surface area contributed by atoms with Gasteiger partial charge >= 0.3 is 0 Å². The van der Waals surface area contributed by atoms with Gasteiger partial charge in [-0.2, -0.15) is 0 Å². The largest absolute Gasteiger partial charge is 0.492 e. The average Bonchev–Trinajstić information content (AvgIpc) is 3.05. The van der Waals surface area contributed by atoms with E-state index in [9.17, 15) is 4.79 Å². The number of nitrogens with one attached hydrogen (secondary N) is 2. The molecule has 7 nitrogen and oxygen atoms in total. The molecule has 3 rings (SSSR count). The van der Waals surface area contributed by atoms with Gasteiger partial charge in [-0.05, 0) is 37.9 Å². The van der Waals surface area contributed by atoms with Gasteiger partial charge in [0.25, 0.3) is 5.91 Å². The minimum atomic E-state index is -0.249. The Morgan fingerprint density at radius 2 is 1.89 bits per heavy atom. The van der Waals surface area contributed by atoms with Crippen molar-refractivity contribution in [2.45, 2.75) is 13.1 Å². The quantitative estimate of drug-likeness (QED) is 0.389. The fourth-order valence-electron chi connectivity index (χ4n) is 2.96. The Morgan fingerprint density at radius 1 is 1.14 bits per heavy atom. The Labute approximate surface area is 163 Å². The van der Waals surface area contributed by atoms with Crippen molar-refractivity contribution in [2.75, 3.05) is 27.2 Å². The van der Waals surface area contributed by atoms with E-state index >= 15 is 0 Å². The molecule has 7 heteroatoms. The molecule has 0 aliphatic carbocycles. The van der Waals surface area contributed by atoms with Gasteiger partial charge in [0.15, 0.2) is 5.76 Å². The zero-order valence-electron chi connectivity index (χ0n) is 16.1. The zero-order chi connectivity index (χ0) is 19.9. The highest BCUT2D eigenvalue weighted by atomic mass is 16.5. The summed E-state index contributed by atoms with van der Waals surface area (Å²) in [6.45, 7) is 1.69. The van der Waals surface area contributed by atoms with E-state index in [0.29, 0.717) is 43.3 Å². The van der Waals surface area contributed by atoms with Gasteiger partial charge in [0.05, 0.1) is 6.54 Å². The first-order chi connectivity index (χ1) is 13.6. The Bertz CT molecular complexity index is 919. The molecule has 2 aromatic carbocycles. The van der Waals surface area contributed by atoms with Crippen LogP contribution in [-0.4, -0.2) is 43.3 Å². The molecule has 1 amide bonds. The predicted molar refractivity (Wildman–Crippen MR) is 107 cm³/mol. The number of hydrogen-bond acceptors (Lipinski definition) is 6. The van der Waals surface area contributed by atoms with Crippen LogP contribution in [-0.2, 0) is 13.1 Å². The highest BCUT2D eigenvalue weighted by molar-refractivity contribution is 5.99. The van der Waals surface area contributed by atoms with Crippen molar-refractivity contribution in [3.8, 4) is 5.75 Å². The maximum Gasteiger partial charge on any atom is 0.287 e. The van der Waals surface area contributed by atoms with Crippen LogP contribution in [0.5, 0.6) is 5.75 Å². The van der Waals surface area contributed by atoms with Gasteiger partial charge in [-0.15, -0.1) is 0 Å². The first-order valence-electron chi connectivity index (χ1n) is 9.10. The number of amides is 1. The zero-order valence-corrected chi connectivity index (χ0v) is 16.1. The number of carbonyl (C=O) groups excluding carboxylic acids is 1. The molecule has 1 aromatic heterocycles. The second-order valence-corrected chi connectivity index (χ2v) is 6.73. The highest BCUT2D eigenvalue weighted by Gasteiger charge is 2.20. The molecule has 0 bridgehead atoms. The van der Waals surface area contributed by atoms with Gasteiger partial charge in [-0.1, -0.05) is 30.3 Å². The molecule has 0 aliphatic heterocycles. The van der Waals surface area contributed by atoms with Crippen LogP contribution in [0.4, 0.5) is 0 Å². The molecule has 28 heavy (non-hydrogen) atoms. The van der Waals surface area contributed by atoms with Gasteiger partial charge in [0, 0.05) is 24.0 Å². The second kappa shape index (κ2) is 9.36. The molecule has 3 aromatic rings. The molecule has 1 heterocycles. The van der Waals surface area contributed by atoms with Crippen molar-refractivity contribution in [3.63, 3.8) is 0 Å². The van der Waals surface area contributed by atoms with Crippen LogP contribution in [0.15, 0.2) is 52.9 Å². The van der Waals surface area contributed by atoms with Gasteiger partial charge in [0.2, 0.25) is 0 Å². The monoisotopic (exact) mass is 383 g/mol. The fraction of sp³-hybridized carbons (Fsp3) is 0.286. The lowest BCUT2D eigenvalue weighted by Crippen LogP contribution is -2.29. The molecule has 0 aliphatic rings. The van der Waals surface area contributed by atoms with Crippen LogP contribution >= 0.6 is 0 Å². The van der Waals surface area contributed by atoms with Crippen molar-refractivity contribution in [3.05, 3.63) is 65.4 Å². The lowest BCUT2D eigenvalue weighted by atomic mass is 10.1. The molecule has 0 saturated carbocycles. The SMILES string of the molecule is CN(C)Cc1c(C(=O)NCCOc2ccc(CNO)cc2)oc2ccccc12. The Balaban J connectivity index is 1.59. The van der Waals surface area contributed by atoms with Crippen LogP contribution in [0, 0.1) is 0 Å². The highest BCUT2D eigenvalue weighted by Crippen LogP contribution is 2.26. The predicted octanol–water partition coefficient (Wildman–Crippen LogP) is 2.78. The smallest absolute Gasteiger partial charge is 0.287 e. The molecular formula is C21H25N3O4. The summed E-state index contributed by atoms with van der Waals surface area (Å²) in [5.41, 5.74) is 4.64. The van der Waals surface area contributed by atoms with Crippen LogP contribution in [0.1, 0.15) is 21.7 Å². The number of furan rings is 1. The standard InChI is InChI=1S/C21H25N3O4/c1-24(2)14-18-17-5-3-4-6-19(17)28-20(18)21(25)22-11-12-27-16-9-7-15(8-10-16)13-23-26/h3-10,23,26H,11-14H2,1-2H3,(H,22,25). The van der Waals surface area contributed by atoms with Crippen molar-refractivity contribution >= 4 is 16.9 Å². The Morgan fingerprint density at radius 3 is 2.61 bits per heavy atom. The maximum atomic E-state index is 12.6. The average molecular weight is 383 g/mol. The number of rotatable bonds is 9. The number of carbonyl (C=O) groups is 1. The molecular weight excluding hydrogens is 358 g/mol. The van der Waals surface area contributed by atoms with Crippen molar-refractivity contribution < 1.29 is 19.2 Å². The van der Waals surface area contributed by atoms with E-state index in [1.54, 1.807) is 0 Å². The number of nitrogens with zero attached hydrogens (tertiary/aromatic N) is 1. The molecule has 0 spiro atoms. The third kappa shape index (κ3) is 4.89. The molecule has 0 saturated heterocycles. The van der Waals surface area contributed by atoms with E-state index in [-0.39, 0.29) is 5.91 Å². The number of benzene rings is 2. The van der Waals surface area contributed by atoms with E-state index in [1.165, 1.54) is 0 Å². The molecule has 3 N–H and O–H groups in total. The number of ether oxygens (including phenoxy) is 1. The minimum absolute atomic E-state index is 0.249. The molecule has 0 atom stereocenters. The maximum absolute atomic E-state index is 12.6. The number of hydroxylamine groups is 1. The van der Waals surface area contributed by atoms with Crippen LogP contribution < -0.4 is 15.5 Å². The molecule has 0 unspecified atom stereocenters. The van der Waals surface area contributed by atoms with Gasteiger partial charge in [0.1, 0.15) is 17.9 Å². The molecule has 0 fully saturated rings. The van der Waals surface area contributed by atoms with Gasteiger partial charge < -0.3 is 24.6 Å². The van der Waals surface area contributed by atoms with Gasteiger partial charge in [-0.3, -0.25) is 4.79 Å². The van der Waals surface area contributed by atoms with Gasteiger partial charge in [-0.25, -0.2) is 5.48 Å². The number of fused-ring (bicyclic) bond motifs is 1. The third-order valence-corrected chi connectivity index (χ3v) is 4.24. The molecule has 148 valence electrons. The Hall–Kier alpha value is -2.87. The Kier molecular flexibility index (Phi) is 6.65. The van der Waals surface area contributed by atoms with Crippen LogP contribution in [0.25, 0.3) is 11.0 Å². The second-order valence-electron chi connectivity index (χ2n) is 6.73. The fourth-order valence-corrected chi connectivity index (χ4v) is 2.96. The van der Waals surface area contributed by atoms with Crippen LogP contribution in [0.2, 0.25) is 0 Å². The summed E-state index contributed by atoms with van der Waals surface area (Å²) in [7, 11) is 3.92.